The molecule has 0 saturated heterocycles. The number of benzene rings is 2. The number of carbonyl (C=O) groups excluding carboxylic acids is 1. The van der Waals surface area contributed by atoms with Crippen LogP contribution in [-0.2, 0) is 4.79 Å². The summed E-state index contributed by atoms with van der Waals surface area (Å²) < 4.78 is 5.79. The van der Waals surface area contributed by atoms with Gasteiger partial charge < -0.3 is 9.32 Å². The molecule has 140 valence electrons. The van der Waals surface area contributed by atoms with E-state index in [1.807, 2.05) is 56.3 Å². The van der Waals surface area contributed by atoms with Crippen LogP contribution in [0.2, 0.25) is 5.02 Å². The molecule has 0 fully saturated rings. The van der Waals surface area contributed by atoms with E-state index < -0.39 is 5.25 Å². The number of halogens is 1. The van der Waals surface area contributed by atoms with Crippen LogP contribution in [0.15, 0.2) is 64.2 Å². The highest BCUT2D eigenvalue weighted by molar-refractivity contribution is 8.00. The van der Waals surface area contributed by atoms with Crippen LogP contribution in [-0.4, -0.2) is 34.1 Å². The van der Waals surface area contributed by atoms with Gasteiger partial charge in [0.1, 0.15) is 5.25 Å². The first-order valence-electron chi connectivity index (χ1n) is 8.72. The number of aromatic nitrogens is 2. The molecular weight excluding hydrogens is 382 g/mol. The third-order valence-electron chi connectivity index (χ3n) is 4.10. The Bertz CT molecular complexity index is 897. The zero-order valence-electron chi connectivity index (χ0n) is 15.1. The third-order valence-corrected chi connectivity index (χ3v) is 5.41. The van der Waals surface area contributed by atoms with Gasteiger partial charge in [-0.1, -0.05) is 48.0 Å². The Kier molecular flexibility index (Phi) is 6.53. The van der Waals surface area contributed by atoms with Crippen LogP contribution in [0, 0.1) is 0 Å². The topological polar surface area (TPSA) is 59.2 Å². The summed E-state index contributed by atoms with van der Waals surface area (Å²) in [5.41, 5.74) is 1.65. The van der Waals surface area contributed by atoms with Gasteiger partial charge in [0, 0.05) is 23.7 Å². The smallest absolute Gasteiger partial charge is 0.277 e. The van der Waals surface area contributed by atoms with Crippen molar-refractivity contribution in [2.45, 2.75) is 24.3 Å². The van der Waals surface area contributed by atoms with Gasteiger partial charge in [-0.25, -0.2) is 0 Å². The summed E-state index contributed by atoms with van der Waals surface area (Å²) in [5, 5.41) is 8.71. The van der Waals surface area contributed by atoms with Crippen molar-refractivity contribution in [2.75, 3.05) is 13.1 Å². The van der Waals surface area contributed by atoms with Crippen molar-refractivity contribution in [3.05, 3.63) is 65.2 Å². The maximum absolute atomic E-state index is 13.0. The second kappa shape index (κ2) is 9.06. The molecule has 0 radical (unpaired) electrons. The lowest BCUT2D eigenvalue weighted by Gasteiger charge is -2.24. The van der Waals surface area contributed by atoms with Crippen molar-refractivity contribution < 1.29 is 9.21 Å². The molecule has 2 aromatic carbocycles. The monoisotopic (exact) mass is 401 g/mol. The minimum absolute atomic E-state index is 0.0266. The summed E-state index contributed by atoms with van der Waals surface area (Å²) >= 11 is 7.29. The zero-order valence-corrected chi connectivity index (χ0v) is 16.7. The number of thioether (sulfide) groups is 1. The number of hydrogen-bond acceptors (Lipinski definition) is 5. The standard InChI is InChI=1S/C20H20ClN3O2S/c1-3-24(4-2)19(25)17(14-9-6-5-7-10-14)27-20-23-22-18(26-20)15-11-8-12-16(21)13-15/h5-13,17H,3-4H2,1-2H3/t17-/m1/s1. The van der Waals surface area contributed by atoms with Gasteiger partial charge in [0.05, 0.1) is 0 Å². The summed E-state index contributed by atoms with van der Waals surface area (Å²) in [4.78, 5) is 14.8. The van der Waals surface area contributed by atoms with Crippen molar-refractivity contribution in [1.29, 1.82) is 0 Å². The average molecular weight is 402 g/mol. The first-order valence-corrected chi connectivity index (χ1v) is 9.98. The molecule has 7 heteroatoms. The lowest BCUT2D eigenvalue weighted by molar-refractivity contribution is -0.130. The predicted octanol–water partition coefficient (Wildman–Crippen LogP) is 5.09. The van der Waals surface area contributed by atoms with Gasteiger partial charge in [0.15, 0.2) is 0 Å². The van der Waals surface area contributed by atoms with Gasteiger partial charge in [-0.2, -0.15) is 0 Å². The molecule has 3 aromatic rings. The molecule has 0 bridgehead atoms. The van der Waals surface area contributed by atoms with Gasteiger partial charge in [-0.3, -0.25) is 4.79 Å². The molecule has 1 atom stereocenters. The number of hydrogen-bond donors (Lipinski definition) is 0. The van der Waals surface area contributed by atoms with Gasteiger partial charge in [-0.05, 0) is 49.4 Å². The van der Waals surface area contributed by atoms with E-state index in [1.165, 1.54) is 11.8 Å². The molecule has 0 saturated carbocycles. The minimum Gasteiger partial charge on any atom is -0.411 e. The Morgan fingerprint density at radius 1 is 1.11 bits per heavy atom. The number of nitrogens with zero attached hydrogens (tertiary/aromatic N) is 3. The number of likely N-dealkylation sites (N-methyl/N-ethyl adjacent to an activating group) is 1. The average Bonchev–Trinajstić information content (AvgIpc) is 3.16. The molecule has 0 aliphatic rings. The Morgan fingerprint density at radius 3 is 2.52 bits per heavy atom. The molecule has 1 amide bonds. The summed E-state index contributed by atoms with van der Waals surface area (Å²) in [6, 6.07) is 16.9. The Morgan fingerprint density at radius 2 is 1.85 bits per heavy atom. The van der Waals surface area contributed by atoms with Gasteiger partial charge in [-0.15, -0.1) is 10.2 Å². The van der Waals surface area contributed by atoms with Crippen LogP contribution in [0.25, 0.3) is 11.5 Å². The lowest BCUT2D eigenvalue weighted by atomic mass is 10.1. The van der Waals surface area contributed by atoms with E-state index in [0.29, 0.717) is 29.2 Å². The molecule has 0 unspecified atom stereocenters. The second-order valence-electron chi connectivity index (χ2n) is 5.80. The second-order valence-corrected chi connectivity index (χ2v) is 7.30. The van der Waals surface area contributed by atoms with Crippen molar-refractivity contribution in [3.63, 3.8) is 0 Å². The molecule has 0 aliphatic carbocycles. The highest BCUT2D eigenvalue weighted by Crippen LogP contribution is 2.37. The maximum atomic E-state index is 13.0. The first kappa shape index (κ1) is 19.5. The molecule has 0 aliphatic heterocycles. The molecule has 27 heavy (non-hydrogen) atoms. The summed E-state index contributed by atoms with van der Waals surface area (Å²) in [6.45, 7) is 5.24. The molecule has 0 spiro atoms. The third kappa shape index (κ3) is 4.70. The SMILES string of the molecule is CCN(CC)C(=O)[C@H](Sc1nnc(-c2cccc(Cl)c2)o1)c1ccccc1. The van der Waals surface area contributed by atoms with Crippen molar-refractivity contribution in [3.8, 4) is 11.5 Å². The molecule has 0 N–H and O–H groups in total. The van der Waals surface area contributed by atoms with Crippen LogP contribution < -0.4 is 0 Å². The fourth-order valence-corrected chi connectivity index (χ4v) is 3.84. The van der Waals surface area contributed by atoms with Crippen molar-refractivity contribution in [1.82, 2.24) is 15.1 Å². The van der Waals surface area contributed by atoms with E-state index in [0.717, 1.165) is 11.1 Å². The van der Waals surface area contributed by atoms with Crippen LogP contribution in [0.5, 0.6) is 0 Å². The van der Waals surface area contributed by atoms with Gasteiger partial charge in [0.25, 0.3) is 5.22 Å². The van der Waals surface area contributed by atoms with E-state index in [2.05, 4.69) is 10.2 Å². The zero-order chi connectivity index (χ0) is 19.2. The largest absolute Gasteiger partial charge is 0.411 e. The number of amides is 1. The maximum Gasteiger partial charge on any atom is 0.277 e. The normalized spacial score (nSPS) is 12.0. The van der Waals surface area contributed by atoms with Gasteiger partial charge >= 0.3 is 0 Å². The van der Waals surface area contributed by atoms with Crippen molar-refractivity contribution in [2.24, 2.45) is 0 Å². The van der Waals surface area contributed by atoms with E-state index in [1.54, 1.807) is 17.0 Å². The molecular formula is C20H20ClN3O2S. The summed E-state index contributed by atoms with van der Waals surface area (Å²) in [5.74, 6) is 0.404. The Balaban J connectivity index is 1.87. The van der Waals surface area contributed by atoms with E-state index in [9.17, 15) is 4.79 Å². The summed E-state index contributed by atoms with van der Waals surface area (Å²) in [6.07, 6.45) is 0. The van der Waals surface area contributed by atoms with Crippen LogP contribution in [0.4, 0.5) is 0 Å². The molecule has 1 aromatic heterocycles. The first-order chi connectivity index (χ1) is 13.1. The van der Waals surface area contributed by atoms with Crippen LogP contribution >= 0.6 is 23.4 Å². The minimum atomic E-state index is -0.446. The van der Waals surface area contributed by atoms with Gasteiger partial charge in [0.2, 0.25) is 11.8 Å². The number of rotatable bonds is 7. The number of carbonyl (C=O) groups is 1. The van der Waals surface area contributed by atoms with Crippen LogP contribution in [0.1, 0.15) is 24.7 Å². The summed E-state index contributed by atoms with van der Waals surface area (Å²) in [7, 11) is 0. The van der Waals surface area contributed by atoms with E-state index in [4.69, 9.17) is 16.0 Å². The highest BCUT2D eigenvalue weighted by atomic mass is 35.5. The van der Waals surface area contributed by atoms with E-state index in [-0.39, 0.29) is 5.91 Å². The van der Waals surface area contributed by atoms with Crippen molar-refractivity contribution >= 4 is 29.3 Å². The van der Waals surface area contributed by atoms with E-state index >= 15 is 0 Å². The quantitative estimate of drug-likeness (QED) is 0.516. The predicted molar refractivity (Wildman–Crippen MR) is 108 cm³/mol. The van der Waals surface area contributed by atoms with Crippen LogP contribution in [0.3, 0.4) is 0 Å². The Hall–Kier alpha value is -2.31. The molecule has 5 nitrogen and oxygen atoms in total. The molecule has 3 rings (SSSR count). The fraction of sp³-hybridized carbons (Fsp3) is 0.250. The Labute approximate surface area is 167 Å². The fourth-order valence-electron chi connectivity index (χ4n) is 2.69. The highest BCUT2D eigenvalue weighted by Gasteiger charge is 2.28. The lowest BCUT2D eigenvalue weighted by Crippen LogP contribution is -2.33. The molecule has 1 heterocycles.